The Bertz CT molecular complexity index is 357. The zero-order valence-electron chi connectivity index (χ0n) is 11.7. The molecule has 1 aliphatic carbocycles. The van der Waals surface area contributed by atoms with E-state index in [0.29, 0.717) is 17.0 Å². The molecule has 0 aromatic rings. The van der Waals surface area contributed by atoms with Crippen molar-refractivity contribution < 1.29 is 4.79 Å². The van der Waals surface area contributed by atoms with Crippen LogP contribution in [-0.4, -0.2) is 18.7 Å². The fraction of sp³-hybridized carbons (Fsp3) is 0.600. The first-order valence-electron chi connectivity index (χ1n) is 6.58. The van der Waals surface area contributed by atoms with Gasteiger partial charge in [0.05, 0.1) is 0 Å². The summed E-state index contributed by atoms with van der Waals surface area (Å²) in [6, 6.07) is 0.311. The minimum Gasteiger partial charge on any atom is -0.349 e. The van der Waals surface area contributed by atoms with E-state index in [9.17, 15) is 4.79 Å². The van der Waals surface area contributed by atoms with Crippen LogP contribution in [0.1, 0.15) is 46.5 Å². The SMILES string of the molecule is C=N/C=C\C(=C/C)C(=O)NC1CCC(C)(C)CC1. The molecule has 100 valence electrons. The molecule has 3 heteroatoms. The van der Waals surface area contributed by atoms with Gasteiger partial charge in [0.25, 0.3) is 5.91 Å². The number of allylic oxidation sites excluding steroid dienone is 1. The van der Waals surface area contributed by atoms with Crippen LogP contribution in [0.2, 0.25) is 0 Å². The predicted octanol–water partition coefficient (Wildman–Crippen LogP) is 3.23. The maximum atomic E-state index is 12.0. The number of amides is 1. The lowest BCUT2D eigenvalue weighted by atomic mass is 9.75. The number of hydrogen-bond acceptors (Lipinski definition) is 2. The van der Waals surface area contributed by atoms with Crippen LogP contribution in [0.15, 0.2) is 28.9 Å². The fourth-order valence-electron chi connectivity index (χ4n) is 2.25. The van der Waals surface area contributed by atoms with Gasteiger partial charge in [-0.15, -0.1) is 0 Å². The van der Waals surface area contributed by atoms with E-state index in [1.807, 2.05) is 6.92 Å². The van der Waals surface area contributed by atoms with Crippen molar-refractivity contribution in [3.63, 3.8) is 0 Å². The zero-order chi connectivity index (χ0) is 13.6. The molecule has 0 atom stereocenters. The summed E-state index contributed by atoms with van der Waals surface area (Å²) >= 11 is 0. The van der Waals surface area contributed by atoms with Crippen LogP contribution in [0.4, 0.5) is 0 Å². The maximum Gasteiger partial charge on any atom is 0.251 e. The van der Waals surface area contributed by atoms with E-state index in [2.05, 4.69) is 30.9 Å². The van der Waals surface area contributed by atoms with Crippen LogP contribution < -0.4 is 5.32 Å². The largest absolute Gasteiger partial charge is 0.349 e. The first kappa shape index (κ1) is 14.7. The number of nitrogens with one attached hydrogen (secondary N) is 1. The summed E-state index contributed by atoms with van der Waals surface area (Å²) in [7, 11) is 0. The van der Waals surface area contributed by atoms with Crippen LogP contribution in [0, 0.1) is 5.41 Å². The lowest BCUT2D eigenvalue weighted by molar-refractivity contribution is -0.118. The molecule has 0 bridgehead atoms. The van der Waals surface area contributed by atoms with Gasteiger partial charge in [0.1, 0.15) is 0 Å². The second kappa shape index (κ2) is 6.53. The van der Waals surface area contributed by atoms with Crippen LogP contribution in [-0.2, 0) is 4.79 Å². The number of aliphatic imine (C=N–C) groups is 1. The van der Waals surface area contributed by atoms with E-state index >= 15 is 0 Å². The van der Waals surface area contributed by atoms with E-state index < -0.39 is 0 Å². The van der Waals surface area contributed by atoms with Gasteiger partial charge in [0.15, 0.2) is 0 Å². The quantitative estimate of drug-likeness (QED) is 0.463. The molecule has 1 N–H and O–H groups in total. The molecule has 1 fully saturated rings. The van der Waals surface area contributed by atoms with Crippen LogP contribution in [0.3, 0.4) is 0 Å². The fourth-order valence-corrected chi connectivity index (χ4v) is 2.25. The van der Waals surface area contributed by atoms with Gasteiger partial charge in [-0.3, -0.25) is 9.79 Å². The van der Waals surface area contributed by atoms with Crippen molar-refractivity contribution in [2.24, 2.45) is 10.4 Å². The highest BCUT2D eigenvalue weighted by Gasteiger charge is 2.27. The Kier molecular flexibility index (Phi) is 5.32. The molecule has 3 nitrogen and oxygen atoms in total. The van der Waals surface area contributed by atoms with Crippen molar-refractivity contribution in [3.8, 4) is 0 Å². The van der Waals surface area contributed by atoms with Crippen molar-refractivity contribution in [3.05, 3.63) is 23.9 Å². The first-order chi connectivity index (χ1) is 8.48. The molecule has 1 aliphatic rings. The number of carbonyl (C=O) groups excluding carboxylic acids is 1. The molecule has 0 spiro atoms. The summed E-state index contributed by atoms with van der Waals surface area (Å²) in [5.41, 5.74) is 1.07. The highest BCUT2D eigenvalue weighted by Crippen LogP contribution is 2.35. The second-order valence-electron chi connectivity index (χ2n) is 5.65. The summed E-state index contributed by atoms with van der Waals surface area (Å²) in [6.07, 6.45) is 9.51. The molecule has 1 amide bonds. The average molecular weight is 248 g/mol. The summed E-state index contributed by atoms with van der Waals surface area (Å²) in [5, 5.41) is 3.10. The average Bonchev–Trinajstić information content (AvgIpc) is 2.33. The Hall–Kier alpha value is -1.38. The predicted molar refractivity (Wildman–Crippen MR) is 76.6 cm³/mol. The lowest BCUT2D eigenvalue weighted by Gasteiger charge is -2.34. The third-order valence-electron chi connectivity index (χ3n) is 3.61. The Balaban J connectivity index is 2.50. The van der Waals surface area contributed by atoms with Crippen molar-refractivity contribution in [1.29, 1.82) is 0 Å². The number of hydrogen-bond donors (Lipinski definition) is 1. The van der Waals surface area contributed by atoms with Gasteiger partial charge in [-0.1, -0.05) is 19.9 Å². The Morgan fingerprint density at radius 1 is 1.39 bits per heavy atom. The molecule has 0 radical (unpaired) electrons. The maximum absolute atomic E-state index is 12.0. The van der Waals surface area contributed by atoms with E-state index in [-0.39, 0.29) is 5.91 Å². The van der Waals surface area contributed by atoms with E-state index in [1.54, 1.807) is 18.4 Å². The minimum atomic E-state index is -0.0119. The molecular formula is C15H24N2O. The van der Waals surface area contributed by atoms with Gasteiger partial charge >= 0.3 is 0 Å². The normalized spacial score (nSPS) is 20.9. The van der Waals surface area contributed by atoms with Gasteiger partial charge < -0.3 is 5.32 Å². The number of carbonyl (C=O) groups is 1. The second-order valence-corrected chi connectivity index (χ2v) is 5.65. The lowest BCUT2D eigenvalue weighted by Crippen LogP contribution is -2.39. The van der Waals surface area contributed by atoms with Crippen molar-refractivity contribution >= 4 is 12.6 Å². The number of rotatable bonds is 4. The van der Waals surface area contributed by atoms with Crippen molar-refractivity contribution in [2.75, 3.05) is 0 Å². The van der Waals surface area contributed by atoms with Crippen LogP contribution in [0.5, 0.6) is 0 Å². The third kappa shape index (κ3) is 4.47. The Labute approximate surface area is 110 Å². The monoisotopic (exact) mass is 248 g/mol. The summed E-state index contributed by atoms with van der Waals surface area (Å²) in [4.78, 5) is 15.6. The van der Waals surface area contributed by atoms with Crippen molar-refractivity contribution in [1.82, 2.24) is 5.32 Å². The first-order valence-corrected chi connectivity index (χ1v) is 6.58. The molecule has 0 unspecified atom stereocenters. The molecule has 1 rings (SSSR count). The number of nitrogens with zero attached hydrogens (tertiary/aromatic N) is 1. The van der Waals surface area contributed by atoms with Gasteiger partial charge in [0.2, 0.25) is 0 Å². The van der Waals surface area contributed by atoms with E-state index in [1.165, 1.54) is 12.8 Å². The minimum absolute atomic E-state index is 0.0119. The van der Waals surface area contributed by atoms with E-state index in [4.69, 9.17) is 0 Å². The molecule has 0 aromatic heterocycles. The molecular weight excluding hydrogens is 224 g/mol. The highest BCUT2D eigenvalue weighted by atomic mass is 16.1. The summed E-state index contributed by atoms with van der Waals surface area (Å²) in [6.45, 7) is 9.80. The smallest absolute Gasteiger partial charge is 0.251 e. The van der Waals surface area contributed by atoms with Crippen LogP contribution >= 0.6 is 0 Å². The molecule has 1 saturated carbocycles. The van der Waals surface area contributed by atoms with Gasteiger partial charge in [-0.25, -0.2) is 0 Å². The molecule has 0 saturated heterocycles. The van der Waals surface area contributed by atoms with Gasteiger partial charge in [-0.05, 0) is 50.8 Å². The molecule has 0 aromatic carbocycles. The third-order valence-corrected chi connectivity index (χ3v) is 3.61. The molecule has 18 heavy (non-hydrogen) atoms. The summed E-state index contributed by atoms with van der Waals surface area (Å²) < 4.78 is 0. The molecule has 0 aliphatic heterocycles. The topological polar surface area (TPSA) is 41.5 Å². The Morgan fingerprint density at radius 3 is 2.50 bits per heavy atom. The summed E-state index contributed by atoms with van der Waals surface area (Å²) in [5.74, 6) is -0.0119. The van der Waals surface area contributed by atoms with E-state index in [0.717, 1.165) is 12.8 Å². The van der Waals surface area contributed by atoms with Crippen molar-refractivity contribution in [2.45, 2.75) is 52.5 Å². The van der Waals surface area contributed by atoms with Gasteiger partial charge in [-0.2, -0.15) is 0 Å². The van der Waals surface area contributed by atoms with Crippen LogP contribution in [0.25, 0.3) is 0 Å². The Morgan fingerprint density at radius 2 is 2.00 bits per heavy atom. The zero-order valence-corrected chi connectivity index (χ0v) is 11.7. The molecule has 0 heterocycles. The van der Waals surface area contributed by atoms with Gasteiger partial charge in [0, 0.05) is 17.8 Å². The highest BCUT2D eigenvalue weighted by molar-refractivity contribution is 5.96. The standard InChI is InChI=1S/C15H24N2O/c1-5-12(8-11-16-4)14(18)17-13-6-9-15(2,3)10-7-13/h5,8,11,13H,4,6-7,9-10H2,1-3H3,(H,17,18)/b11-8-,12-5+.